The number of nitrogens with zero attached hydrogens (tertiary/aromatic N) is 1. The summed E-state index contributed by atoms with van der Waals surface area (Å²) in [5.74, 6) is 0. The van der Waals surface area contributed by atoms with E-state index in [4.69, 9.17) is 0 Å². The second-order valence-electron chi connectivity index (χ2n) is 4.97. The zero-order chi connectivity index (χ0) is 12.3. The molecule has 0 amide bonds. The van der Waals surface area contributed by atoms with Crippen LogP contribution in [0.5, 0.6) is 0 Å². The van der Waals surface area contributed by atoms with Gasteiger partial charge in [-0.2, -0.15) is 0 Å². The predicted molar refractivity (Wildman–Crippen MR) is 76.2 cm³/mol. The Morgan fingerprint density at radius 2 is 1.78 bits per heavy atom. The van der Waals surface area contributed by atoms with Crippen molar-refractivity contribution in [2.24, 2.45) is 4.99 Å². The lowest BCUT2D eigenvalue weighted by Crippen LogP contribution is -2.10. The van der Waals surface area contributed by atoms with E-state index < -0.39 is 0 Å². The normalized spacial score (nSPS) is 13.2. The highest BCUT2D eigenvalue weighted by molar-refractivity contribution is 6.04. The SMILES string of the molecule is C=c1c2ccccc2c2c3c(ccc(C)c13)=NC2. The Hall–Kier alpha value is -2.15. The molecule has 1 nitrogen and oxygen atoms in total. The van der Waals surface area contributed by atoms with E-state index in [1.807, 2.05) is 0 Å². The second kappa shape index (κ2) is 3.20. The van der Waals surface area contributed by atoms with E-state index in [0.29, 0.717) is 0 Å². The van der Waals surface area contributed by atoms with Crippen LogP contribution in [0.4, 0.5) is 0 Å². The van der Waals surface area contributed by atoms with Crippen LogP contribution in [-0.4, -0.2) is 0 Å². The van der Waals surface area contributed by atoms with Crippen LogP contribution in [0.15, 0.2) is 41.4 Å². The van der Waals surface area contributed by atoms with Gasteiger partial charge in [-0.25, -0.2) is 0 Å². The summed E-state index contributed by atoms with van der Waals surface area (Å²) in [6, 6.07) is 12.8. The third-order valence-corrected chi connectivity index (χ3v) is 3.98. The third-order valence-electron chi connectivity index (χ3n) is 3.98. The maximum absolute atomic E-state index is 4.65. The minimum atomic E-state index is 0.802. The molecule has 3 aromatic rings. The summed E-state index contributed by atoms with van der Waals surface area (Å²) in [6.45, 7) is 7.27. The first-order chi connectivity index (χ1) is 8.77. The zero-order valence-corrected chi connectivity index (χ0v) is 10.3. The lowest BCUT2D eigenvalue weighted by molar-refractivity contribution is 1.08. The number of fused-ring (bicyclic) bond motifs is 2. The molecule has 0 N–H and O–H groups in total. The van der Waals surface area contributed by atoms with Gasteiger partial charge in [-0.1, -0.05) is 36.9 Å². The van der Waals surface area contributed by atoms with Crippen LogP contribution in [0.2, 0.25) is 0 Å². The molecule has 0 fully saturated rings. The molecule has 1 heterocycles. The molecule has 0 unspecified atom stereocenters. The third kappa shape index (κ3) is 1.04. The molecule has 18 heavy (non-hydrogen) atoms. The number of aryl methyl sites for hydroxylation is 1. The Bertz CT molecular complexity index is 920. The fourth-order valence-corrected chi connectivity index (χ4v) is 3.13. The molecule has 0 aromatic heterocycles. The lowest BCUT2D eigenvalue weighted by atomic mass is 9.93. The van der Waals surface area contributed by atoms with Crippen molar-refractivity contribution in [2.45, 2.75) is 13.5 Å². The second-order valence-corrected chi connectivity index (χ2v) is 4.97. The van der Waals surface area contributed by atoms with Gasteiger partial charge in [-0.05, 0) is 45.5 Å². The summed E-state index contributed by atoms with van der Waals surface area (Å²) in [6.07, 6.45) is 0. The van der Waals surface area contributed by atoms with Crippen LogP contribution < -0.4 is 10.6 Å². The van der Waals surface area contributed by atoms with Crippen molar-refractivity contribution in [3.63, 3.8) is 0 Å². The van der Waals surface area contributed by atoms with Crippen LogP contribution >= 0.6 is 0 Å². The van der Waals surface area contributed by atoms with E-state index in [0.717, 1.165) is 17.1 Å². The smallest absolute Gasteiger partial charge is 0.0660 e. The number of rotatable bonds is 0. The van der Waals surface area contributed by atoms with Crippen molar-refractivity contribution in [2.75, 3.05) is 0 Å². The van der Waals surface area contributed by atoms with Crippen molar-refractivity contribution in [3.05, 3.63) is 58.1 Å². The van der Waals surface area contributed by atoms with Crippen molar-refractivity contribution < 1.29 is 0 Å². The van der Waals surface area contributed by atoms with Crippen LogP contribution in [0.25, 0.3) is 28.1 Å². The topological polar surface area (TPSA) is 12.4 Å². The first kappa shape index (κ1) is 9.84. The van der Waals surface area contributed by atoms with E-state index in [9.17, 15) is 0 Å². The van der Waals surface area contributed by atoms with Gasteiger partial charge < -0.3 is 0 Å². The molecular formula is C17H13N. The molecule has 86 valence electrons. The van der Waals surface area contributed by atoms with E-state index in [-0.39, 0.29) is 0 Å². The maximum Gasteiger partial charge on any atom is 0.0660 e. The van der Waals surface area contributed by atoms with Crippen LogP contribution in [0, 0.1) is 6.92 Å². The minimum Gasteiger partial charge on any atom is -0.280 e. The number of benzene rings is 3. The van der Waals surface area contributed by atoms with Gasteiger partial charge >= 0.3 is 0 Å². The van der Waals surface area contributed by atoms with Crippen molar-refractivity contribution in [3.8, 4) is 0 Å². The molecular weight excluding hydrogens is 218 g/mol. The van der Waals surface area contributed by atoms with Gasteiger partial charge in [0.05, 0.1) is 11.9 Å². The summed E-state index contributed by atoms with van der Waals surface area (Å²) in [4.78, 5) is 4.65. The lowest BCUT2D eigenvalue weighted by Gasteiger charge is -2.09. The Morgan fingerprint density at radius 1 is 1.00 bits per heavy atom. The molecule has 4 rings (SSSR count). The number of hydrogen-bond donors (Lipinski definition) is 0. The molecule has 1 aliphatic heterocycles. The molecule has 0 saturated carbocycles. The standard InChI is InChI=1S/C17H13N/c1-10-7-8-15-17-14(9-18-15)13-6-4-3-5-12(13)11(2)16(10)17/h3-8H,2,9H2,1H3. The first-order valence-electron chi connectivity index (χ1n) is 6.23. The summed E-state index contributed by atoms with van der Waals surface area (Å²) in [7, 11) is 0. The largest absolute Gasteiger partial charge is 0.280 e. The molecule has 0 radical (unpaired) electrons. The number of hydrogen-bond acceptors (Lipinski definition) is 1. The highest BCUT2D eigenvalue weighted by atomic mass is 14.7. The fourth-order valence-electron chi connectivity index (χ4n) is 3.13. The molecule has 1 aliphatic rings. The monoisotopic (exact) mass is 231 g/mol. The van der Waals surface area contributed by atoms with Crippen molar-refractivity contribution >= 4 is 28.1 Å². The van der Waals surface area contributed by atoms with Crippen LogP contribution in [0.1, 0.15) is 11.1 Å². The molecule has 0 spiro atoms. The average Bonchev–Trinajstić information content (AvgIpc) is 2.82. The quantitative estimate of drug-likeness (QED) is 0.528. The first-order valence-corrected chi connectivity index (χ1v) is 6.23. The Labute approximate surface area is 105 Å². The van der Waals surface area contributed by atoms with Gasteiger partial charge in [-0.3, -0.25) is 4.99 Å². The van der Waals surface area contributed by atoms with Gasteiger partial charge in [0.1, 0.15) is 0 Å². The van der Waals surface area contributed by atoms with Gasteiger partial charge in [0, 0.05) is 5.39 Å². The Kier molecular flexibility index (Phi) is 1.75. The molecule has 0 saturated heterocycles. The van der Waals surface area contributed by atoms with Crippen LogP contribution in [-0.2, 0) is 6.54 Å². The summed E-state index contributed by atoms with van der Waals surface area (Å²) in [5, 5.41) is 7.45. The van der Waals surface area contributed by atoms with Gasteiger partial charge in [0.15, 0.2) is 0 Å². The summed E-state index contributed by atoms with van der Waals surface area (Å²) >= 11 is 0. The van der Waals surface area contributed by atoms with E-state index in [2.05, 4.69) is 54.9 Å². The molecule has 3 aromatic carbocycles. The van der Waals surface area contributed by atoms with E-state index >= 15 is 0 Å². The van der Waals surface area contributed by atoms with Gasteiger partial charge in [-0.15, -0.1) is 0 Å². The Morgan fingerprint density at radius 3 is 2.61 bits per heavy atom. The zero-order valence-electron chi connectivity index (χ0n) is 10.3. The highest BCUT2D eigenvalue weighted by Crippen LogP contribution is 2.27. The van der Waals surface area contributed by atoms with Crippen LogP contribution in [0.3, 0.4) is 0 Å². The molecule has 0 aliphatic carbocycles. The van der Waals surface area contributed by atoms with Gasteiger partial charge in [0.25, 0.3) is 0 Å². The molecule has 1 heteroatoms. The summed E-state index contributed by atoms with van der Waals surface area (Å²) < 4.78 is 0. The molecule has 0 bridgehead atoms. The van der Waals surface area contributed by atoms with Gasteiger partial charge in [0.2, 0.25) is 0 Å². The molecule has 0 atom stereocenters. The minimum absolute atomic E-state index is 0.802. The Balaban J connectivity index is 2.48. The average molecular weight is 231 g/mol. The summed E-state index contributed by atoms with van der Waals surface area (Å²) in [5.41, 5.74) is 2.66. The predicted octanol–water partition coefficient (Wildman–Crippen LogP) is 2.84. The van der Waals surface area contributed by atoms with Crippen molar-refractivity contribution in [1.82, 2.24) is 0 Å². The van der Waals surface area contributed by atoms with E-state index in [1.54, 1.807) is 0 Å². The van der Waals surface area contributed by atoms with E-state index in [1.165, 1.54) is 32.7 Å². The highest BCUT2D eigenvalue weighted by Gasteiger charge is 2.15. The van der Waals surface area contributed by atoms with Crippen molar-refractivity contribution in [1.29, 1.82) is 0 Å². The maximum atomic E-state index is 4.65. The fraction of sp³-hybridized carbons (Fsp3) is 0.118.